The summed E-state index contributed by atoms with van der Waals surface area (Å²) in [6.07, 6.45) is 0. The number of para-hydroxylation sites is 1. The Morgan fingerprint density at radius 2 is 1.87 bits per heavy atom. The maximum Gasteiger partial charge on any atom is 0.246 e. The molecule has 8 nitrogen and oxygen atoms in total. The van der Waals surface area contributed by atoms with Crippen LogP contribution >= 0.6 is 0 Å². The first-order valence-corrected chi connectivity index (χ1v) is 11.7. The van der Waals surface area contributed by atoms with Crippen molar-refractivity contribution >= 4 is 27.3 Å². The van der Waals surface area contributed by atoms with Gasteiger partial charge < -0.3 is 20.1 Å². The quantitative estimate of drug-likeness (QED) is 0.646. The molecule has 0 spiro atoms. The van der Waals surface area contributed by atoms with Gasteiger partial charge in [-0.2, -0.15) is 4.31 Å². The molecule has 31 heavy (non-hydrogen) atoms. The molecule has 1 heterocycles. The van der Waals surface area contributed by atoms with E-state index in [-0.39, 0.29) is 36.2 Å². The Morgan fingerprint density at radius 1 is 1.16 bits per heavy atom. The van der Waals surface area contributed by atoms with Crippen LogP contribution in [0, 0.1) is 0 Å². The van der Waals surface area contributed by atoms with Gasteiger partial charge in [0.25, 0.3) is 0 Å². The van der Waals surface area contributed by atoms with Gasteiger partial charge in [0.2, 0.25) is 15.9 Å². The largest absolute Gasteiger partial charge is 0.495 e. The van der Waals surface area contributed by atoms with Crippen LogP contribution in [-0.2, 0) is 19.6 Å². The van der Waals surface area contributed by atoms with Crippen molar-refractivity contribution in [2.24, 2.45) is 0 Å². The van der Waals surface area contributed by atoms with Crippen LogP contribution in [0.15, 0.2) is 47.4 Å². The maximum atomic E-state index is 13.1. The highest BCUT2D eigenvalue weighted by molar-refractivity contribution is 7.89. The van der Waals surface area contributed by atoms with Crippen molar-refractivity contribution in [2.45, 2.75) is 24.7 Å². The van der Waals surface area contributed by atoms with Gasteiger partial charge in [-0.15, -0.1) is 0 Å². The zero-order chi connectivity index (χ0) is 22.4. The van der Waals surface area contributed by atoms with Gasteiger partial charge in [-0.05, 0) is 35.7 Å². The lowest BCUT2D eigenvalue weighted by atomic mass is 10.0. The molecule has 0 aromatic heterocycles. The number of anilines is 2. The Hall–Kier alpha value is -2.62. The number of hydrogen-bond donors (Lipinski definition) is 2. The first-order chi connectivity index (χ1) is 14.8. The van der Waals surface area contributed by atoms with Crippen LogP contribution in [0.2, 0.25) is 0 Å². The maximum absolute atomic E-state index is 13.1. The van der Waals surface area contributed by atoms with Crippen molar-refractivity contribution in [1.29, 1.82) is 0 Å². The van der Waals surface area contributed by atoms with Crippen molar-refractivity contribution in [3.8, 4) is 5.75 Å². The summed E-state index contributed by atoms with van der Waals surface area (Å²) >= 11 is 0. The highest BCUT2D eigenvalue weighted by Crippen LogP contribution is 2.30. The Bertz CT molecular complexity index is 1020. The molecule has 1 fully saturated rings. The number of amides is 1. The van der Waals surface area contributed by atoms with E-state index in [9.17, 15) is 13.2 Å². The van der Waals surface area contributed by atoms with Crippen LogP contribution in [0.1, 0.15) is 25.3 Å². The van der Waals surface area contributed by atoms with Crippen LogP contribution < -0.4 is 15.4 Å². The minimum Gasteiger partial charge on any atom is -0.495 e. The van der Waals surface area contributed by atoms with Crippen LogP contribution in [-0.4, -0.2) is 58.6 Å². The van der Waals surface area contributed by atoms with Crippen molar-refractivity contribution in [1.82, 2.24) is 4.31 Å². The summed E-state index contributed by atoms with van der Waals surface area (Å²) in [5.41, 5.74) is 2.41. The lowest BCUT2D eigenvalue weighted by molar-refractivity contribution is -0.114. The van der Waals surface area contributed by atoms with Crippen molar-refractivity contribution in [3.05, 3.63) is 48.0 Å². The molecule has 1 aliphatic heterocycles. The molecule has 0 saturated carbocycles. The average molecular weight is 448 g/mol. The molecule has 2 aromatic rings. The monoisotopic (exact) mass is 447 g/mol. The second-order valence-corrected chi connectivity index (χ2v) is 9.43. The SMILES string of the molecule is COc1ccc(NC(=O)CNc2ccccc2C(C)C)cc1S(=O)(=O)N1CCOCC1. The lowest BCUT2D eigenvalue weighted by Gasteiger charge is -2.26. The predicted octanol–water partition coefficient (Wildman–Crippen LogP) is 2.89. The molecule has 9 heteroatoms. The van der Waals surface area contributed by atoms with Gasteiger partial charge in [0.15, 0.2) is 0 Å². The van der Waals surface area contributed by atoms with Gasteiger partial charge in [0.1, 0.15) is 10.6 Å². The number of hydrogen-bond acceptors (Lipinski definition) is 6. The topological polar surface area (TPSA) is 97.0 Å². The fourth-order valence-corrected chi connectivity index (χ4v) is 5.01. The normalized spacial score (nSPS) is 15.0. The fourth-order valence-electron chi connectivity index (χ4n) is 3.42. The number of morpholine rings is 1. The third-order valence-electron chi connectivity index (χ3n) is 5.06. The molecule has 2 N–H and O–H groups in total. The first-order valence-electron chi connectivity index (χ1n) is 10.2. The van der Waals surface area contributed by atoms with Gasteiger partial charge in [-0.1, -0.05) is 32.0 Å². The highest BCUT2D eigenvalue weighted by atomic mass is 32.2. The molecule has 0 atom stereocenters. The number of benzene rings is 2. The average Bonchev–Trinajstić information content (AvgIpc) is 2.78. The van der Waals surface area contributed by atoms with Gasteiger partial charge in [0, 0.05) is 24.5 Å². The Labute approximate surface area is 183 Å². The number of rotatable bonds is 8. The molecule has 0 bridgehead atoms. The molecular weight excluding hydrogens is 418 g/mol. The summed E-state index contributed by atoms with van der Waals surface area (Å²) in [4.78, 5) is 12.5. The predicted molar refractivity (Wildman–Crippen MR) is 120 cm³/mol. The summed E-state index contributed by atoms with van der Waals surface area (Å²) < 4.78 is 38.0. The van der Waals surface area contributed by atoms with E-state index in [2.05, 4.69) is 24.5 Å². The number of ether oxygens (including phenoxy) is 2. The van der Waals surface area contributed by atoms with Gasteiger partial charge in [0.05, 0.1) is 26.9 Å². The number of nitrogens with one attached hydrogen (secondary N) is 2. The third kappa shape index (κ3) is 5.55. The minimum absolute atomic E-state index is 0.0211. The van der Waals surface area contributed by atoms with Crippen LogP contribution in [0.3, 0.4) is 0 Å². The van der Waals surface area contributed by atoms with Gasteiger partial charge in [-0.3, -0.25) is 4.79 Å². The molecule has 0 radical (unpaired) electrons. The molecule has 1 amide bonds. The zero-order valence-electron chi connectivity index (χ0n) is 18.1. The molecule has 0 unspecified atom stereocenters. The molecule has 1 saturated heterocycles. The Balaban J connectivity index is 1.73. The van der Waals surface area contributed by atoms with Gasteiger partial charge in [-0.25, -0.2) is 8.42 Å². The molecule has 1 aliphatic rings. The van der Waals surface area contributed by atoms with E-state index in [1.165, 1.54) is 17.5 Å². The van der Waals surface area contributed by atoms with Gasteiger partial charge >= 0.3 is 0 Å². The van der Waals surface area contributed by atoms with E-state index in [1.54, 1.807) is 12.1 Å². The number of nitrogens with zero attached hydrogens (tertiary/aromatic N) is 1. The second kappa shape index (κ2) is 10.1. The molecule has 3 rings (SSSR count). The number of methoxy groups -OCH3 is 1. The second-order valence-electron chi connectivity index (χ2n) is 7.53. The van der Waals surface area contributed by atoms with E-state index in [1.807, 2.05) is 24.3 Å². The van der Waals surface area contributed by atoms with Crippen LogP contribution in [0.25, 0.3) is 0 Å². The van der Waals surface area contributed by atoms with Crippen LogP contribution in [0.5, 0.6) is 5.75 Å². The third-order valence-corrected chi connectivity index (χ3v) is 6.98. The lowest BCUT2D eigenvalue weighted by Crippen LogP contribution is -2.40. The van der Waals surface area contributed by atoms with Crippen molar-refractivity contribution in [3.63, 3.8) is 0 Å². The standard InChI is InChI=1S/C22H29N3O5S/c1-16(2)18-6-4-5-7-19(18)23-15-22(26)24-17-8-9-20(29-3)21(14-17)31(27,28)25-10-12-30-13-11-25/h4-9,14,16,23H,10-13,15H2,1-3H3,(H,24,26). The first kappa shape index (κ1) is 23.1. The molecular formula is C22H29N3O5S. The summed E-state index contributed by atoms with van der Waals surface area (Å²) in [6, 6.07) is 12.4. The summed E-state index contributed by atoms with van der Waals surface area (Å²) in [5.74, 6) is 0.272. The molecule has 168 valence electrons. The smallest absolute Gasteiger partial charge is 0.246 e. The number of carbonyl (C=O) groups is 1. The van der Waals surface area contributed by atoms with E-state index in [4.69, 9.17) is 9.47 Å². The van der Waals surface area contributed by atoms with E-state index < -0.39 is 10.0 Å². The van der Waals surface area contributed by atoms with E-state index in [0.29, 0.717) is 24.8 Å². The van der Waals surface area contributed by atoms with E-state index in [0.717, 1.165) is 11.3 Å². The van der Waals surface area contributed by atoms with Crippen LogP contribution in [0.4, 0.5) is 11.4 Å². The zero-order valence-corrected chi connectivity index (χ0v) is 18.9. The molecule has 0 aliphatic carbocycles. The minimum atomic E-state index is -3.77. The Morgan fingerprint density at radius 3 is 2.55 bits per heavy atom. The highest BCUT2D eigenvalue weighted by Gasteiger charge is 2.29. The molecule has 2 aromatic carbocycles. The summed E-state index contributed by atoms with van der Waals surface area (Å²) in [6.45, 7) is 5.50. The summed E-state index contributed by atoms with van der Waals surface area (Å²) in [5, 5.41) is 5.92. The van der Waals surface area contributed by atoms with Crippen molar-refractivity contribution < 1.29 is 22.7 Å². The fraction of sp³-hybridized carbons (Fsp3) is 0.409. The van der Waals surface area contributed by atoms with E-state index >= 15 is 0 Å². The number of sulfonamides is 1. The Kier molecular flexibility index (Phi) is 7.53. The number of carbonyl (C=O) groups excluding carboxylic acids is 1. The van der Waals surface area contributed by atoms with Crippen molar-refractivity contribution in [2.75, 3.05) is 50.6 Å². The summed E-state index contributed by atoms with van der Waals surface area (Å²) in [7, 11) is -2.35.